The van der Waals surface area contributed by atoms with Crippen LogP contribution in [0.5, 0.6) is 0 Å². The predicted molar refractivity (Wildman–Crippen MR) is 106 cm³/mol. The molecule has 2 aliphatic carbocycles. The van der Waals surface area contributed by atoms with E-state index in [4.69, 9.17) is 0 Å². The summed E-state index contributed by atoms with van der Waals surface area (Å²) in [7, 11) is 0. The monoisotopic (exact) mass is 347 g/mol. The van der Waals surface area contributed by atoms with Gasteiger partial charge < -0.3 is 5.32 Å². The van der Waals surface area contributed by atoms with Gasteiger partial charge in [0.2, 0.25) is 0 Å². The zero-order chi connectivity index (χ0) is 17.8. The first-order valence-electron chi connectivity index (χ1n) is 10.2. The summed E-state index contributed by atoms with van der Waals surface area (Å²) in [5.41, 5.74) is 2.35. The average molecular weight is 348 g/mol. The molecule has 0 saturated heterocycles. The van der Waals surface area contributed by atoms with Crippen molar-refractivity contribution in [2.24, 2.45) is 11.8 Å². The Morgan fingerprint density at radius 1 is 0.846 bits per heavy atom. The minimum absolute atomic E-state index is 0.316. The van der Waals surface area contributed by atoms with Crippen molar-refractivity contribution in [3.05, 3.63) is 71.8 Å². The summed E-state index contributed by atoms with van der Waals surface area (Å²) in [4.78, 5) is 12.4. The molecule has 0 amide bonds. The number of benzene rings is 2. The van der Waals surface area contributed by atoms with Crippen LogP contribution in [0.1, 0.15) is 60.4 Å². The van der Waals surface area contributed by atoms with E-state index >= 15 is 0 Å². The van der Waals surface area contributed by atoms with E-state index in [-0.39, 0.29) is 0 Å². The Kier molecular flexibility index (Phi) is 5.50. The molecule has 2 nitrogen and oxygen atoms in total. The maximum atomic E-state index is 12.4. The third kappa shape index (κ3) is 4.42. The molecule has 0 radical (unpaired) electrons. The lowest BCUT2D eigenvalue weighted by Crippen LogP contribution is -2.29. The van der Waals surface area contributed by atoms with Gasteiger partial charge in [0.1, 0.15) is 0 Å². The first kappa shape index (κ1) is 17.5. The first-order chi connectivity index (χ1) is 12.8. The Bertz CT molecular complexity index is 704. The molecule has 2 aromatic rings. The first-order valence-corrected chi connectivity index (χ1v) is 10.2. The van der Waals surface area contributed by atoms with E-state index < -0.39 is 0 Å². The van der Waals surface area contributed by atoms with E-state index in [2.05, 4.69) is 35.6 Å². The molecule has 0 spiro atoms. The van der Waals surface area contributed by atoms with Crippen LogP contribution < -0.4 is 5.32 Å². The zero-order valence-electron chi connectivity index (χ0n) is 15.4. The lowest BCUT2D eigenvalue weighted by Gasteiger charge is -2.28. The van der Waals surface area contributed by atoms with Gasteiger partial charge in [-0.2, -0.15) is 0 Å². The van der Waals surface area contributed by atoms with E-state index in [1.807, 2.05) is 30.3 Å². The molecule has 1 N–H and O–H groups in total. The molecule has 0 heterocycles. The summed E-state index contributed by atoms with van der Waals surface area (Å²) in [6, 6.07) is 21.3. The third-order valence-electron chi connectivity index (χ3n) is 6.22. The molecule has 2 aromatic carbocycles. The van der Waals surface area contributed by atoms with Gasteiger partial charge in [-0.3, -0.25) is 4.79 Å². The van der Waals surface area contributed by atoms with Gasteiger partial charge in [-0.25, -0.2) is 0 Å². The molecule has 2 heteroatoms. The highest BCUT2D eigenvalue weighted by Crippen LogP contribution is 2.41. The van der Waals surface area contributed by atoms with Crippen molar-refractivity contribution >= 4 is 5.78 Å². The van der Waals surface area contributed by atoms with Crippen molar-refractivity contribution in [2.45, 2.75) is 50.5 Å². The van der Waals surface area contributed by atoms with Gasteiger partial charge in [0.25, 0.3) is 0 Å². The van der Waals surface area contributed by atoms with Crippen LogP contribution in [0.2, 0.25) is 0 Å². The van der Waals surface area contributed by atoms with Crippen LogP contribution in [0.25, 0.3) is 0 Å². The number of carbonyl (C=O) groups is 1. The van der Waals surface area contributed by atoms with Crippen LogP contribution in [-0.2, 0) is 0 Å². The molecular formula is C24H29NO. The molecule has 2 fully saturated rings. The molecule has 0 aliphatic heterocycles. The van der Waals surface area contributed by atoms with E-state index in [0.717, 1.165) is 30.4 Å². The lowest BCUT2D eigenvalue weighted by atomic mass is 9.79. The van der Waals surface area contributed by atoms with Crippen LogP contribution in [0.4, 0.5) is 0 Å². The highest BCUT2D eigenvalue weighted by Gasteiger charge is 2.38. The Balaban J connectivity index is 1.16. The van der Waals surface area contributed by atoms with Crippen molar-refractivity contribution in [1.29, 1.82) is 0 Å². The van der Waals surface area contributed by atoms with E-state index in [0.29, 0.717) is 17.7 Å². The zero-order valence-corrected chi connectivity index (χ0v) is 15.4. The van der Waals surface area contributed by atoms with Gasteiger partial charge in [0, 0.05) is 23.9 Å². The molecule has 136 valence electrons. The summed E-state index contributed by atoms with van der Waals surface area (Å²) < 4.78 is 0. The van der Waals surface area contributed by atoms with Gasteiger partial charge in [-0.1, -0.05) is 60.7 Å². The van der Waals surface area contributed by atoms with Crippen LogP contribution in [0, 0.1) is 11.8 Å². The molecule has 26 heavy (non-hydrogen) atoms. The molecular weight excluding hydrogens is 318 g/mol. The van der Waals surface area contributed by atoms with Crippen molar-refractivity contribution < 1.29 is 4.79 Å². The van der Waals surface area contributed by atoms with Crippen molar-refractivity contribution in [3.8, 4) is 0 Å². The van der Waals surface area contributed by atoms with Gasteiger partial charge in [0.15, 0.2) is 5.78 Å². The van der Waals surface area contributed by atoms with E-state index in [1.54, 1.807) is 0 Å². The predicted octanol–water partition coefficient (Wildman–Crippen LogP) is 5.21. The van der Waals surface area contributed by atoms with Crippen molar-refractivity contribution in [2.75, 3.05) is 6.54 Å². The molecule has 4 rings (SSSR count). The Morgan fingerprint density at radius 2 is 1.46 bits per heavy atom. The van der Waals surface area contributed by atoms with Gasteiger partial charge >= 0.3 is 0 Å². The lowest BCUT2D eigenvalue weighted by molar-refractivity contribution is 0.0943. The van der Waals surface area contributed by atoms with Crippen LogP contribution >= 0.6 is 0 Å². The fraction of sp³-hybridized carbons (Fsp3) is 0.458. The Morgan fingerprint density at radius 3 is 2.15 bits per heavy atom. The van der Waals surface area contributed by atoms with Gasteiger partial charge in [0.05, 0.1) is 0 Å². The SMILES string of the molecule is O=C(CC1CCC(CN[C@@H]2C[C@H]2c2ccccc2)CC1)c1ccccc1. The van der Waals surface area contributed by atoms with Crippen LogP contribution in [0.3, 0.4) is 0 Å². The second kappa shape index (κ2) is 8.18. The number of hydrogen-bond donors (Lipinski definition) is 1. The summed E-state index contributed by atoms with van der Waals surface area (Å²) in [6.07, 6.45) is 6.95. The quantitative estimate of drug-likeness (QED) is 0.697. The minimum atomic E-state index is 0.316. The molecule has 2 aliphatic rings. The fourth-order valence-electron chi connectivity index (χ4n) is 4.45. The molecule has 2 saturated carbocycles. The second-order valence-electron chi connectivity index (χ2n) is 8.15. The number of Topliss-reactive ketones (excluding diaryl/α,β-unsaturated/α-hetero) is 1. The minimum Gasteiger partial charge on any atom is -0.313 e. The van der Waals surface area contributed by atoms with Gasteiger partial charge in [-0.05, 0) is 56.0 Å². The Labute approximate surface area is 157 Å². The number of hydrogen-bond acceptors (Lipinski definition) is 2. The smallest absolute Gasteiger partial charge is 0.163 e. The molecule has 0 aromatic heterocycles. The number of nitrogens with one attached hydrogen (secondary N) is 1. The number of carbonyl (C=O) groups excluding carboxylic acids is 1. The fourth-order valence-corrected chi connectivity index (χ4v) is 4.45. The molecule has 2 atom stereocenters. The summed E-state index contributed by atoms with van der Waals surface area (Å²) in [5.74, 6) is 2.40. The van der Waals surface area contributed by atoms with E-state index in [9.17, 15) is 4.79 Å². The van der Waals surface area contributed by atoms with Crippen molar-refractivity contribution in [3.63, 3.8) is 0 Å². The highest BCUT2D eigenvalue weighted by atomic mass is 16.1. The molecule has 0 bridgehead atoms. The van der Waals surface area contributed by atoms with Gasteiger partial charge in [-0.15, -0.1) is 0 Å². The highest BCUT2D eigenvalue weighted by molar-refractivity contribution is 5.96. The number of rotatable bonds is 7. The maximum absolute atomic E-state index is 12.4. The summed E-state index contributed by atoms with van der Waals surface area (Å²) >= 11 is 0. The summed E-state index contributed by atoms with van der Waals surface area (Å²) in [6.45, 7) is 1.15. The van der Waals surface area contributed by atoms with Crippen LogP contribution in [0.15, 0.2) is 60.7 Å². The molecule has 0 unspecified atom stereocenters. The topological polar surface area (TPSA) is 29.1 Å². The van der Waals surface area contributed by atoms with E-state index in [1.165, 1.54) is 37.7 Å². The number of ketones is 1. The van der Waals surface area contributed by atoms with Crippen LogP contribution in [-0.4, -0.2) is 18.4 Å². The third-order valence-corrected chi connectivity index (χ3v) is 6.22. The summed E-state index contributed by atoms with van der Waals surface area (Å²) in [5, 5.41) is 3.79. The average Bonchev–Trinajstić information content (AvgIpc) is 3.48. The maximum Gasteiger partial charge on any atom is 0.163 e. The standard InChI is InChI=1S/C24H29NO/c26-24(21-9-5-2-6-10-21)15-18-11-13-19(14-12-18)17-25-23-16-22(23)20-7-3-1-4-8-20/h1-10,18-19,22-23,25H,11-17H2/t18?,19?,22-,23+/m0/s1. The second-order valence-corrected chi connectivity index (χ2v) is 8.15. The normalized spacial score (nSPS) is 27.8. The Hall–Kier alpha value is -1.93. The van der Waals surface area contributed by atoms with Crippen molar-refractivity contribution in [1.82, 2.24) is 5.32 Å². The largest absolute Gasteiger partial charge is 0.313 e.